The summed E-state index contributed by atoms with van der Waals surface area (Å²) < 4.78 is 32.2. The summed E-state index contributed by atoms with van der Waals surface area (Å²) in [5.74, 6) is -5.17. The average molecular weight is 291 g/mol. The Hall–Kier alpha value is -1.57. The topological polar surface area (TPSA) is 77.2 Å². The van der Waals surface area contributed by atoms with Crippen molar-refractivity contribution in [3.05, 3.63) is 11.9 Å². The third-order valence-corrected chi connectivity index (χ3v) is 2.61. The normalized spacial score (nSPS) is 11.6. The number of esters is 1. The number of carbonyl (C=O) groups excluding carboxylic acids is 1. The van der Waals surface area contributed by atoms with E-state index in [-0.39, 0.29) is 13.2 Å². The van der Waals surface area contributed by atoms with Crippen LogP contribution in [0.25, 0.3) is 0 Å². The molecule has 1 rings (SSSR count). The molecule has 114 valence electrons. The number of alkyl halides is 2. The second-order valence-electron chi connectivity index (χ2n) is 4.37. The van der Waals surface area contributed by atoms with Crippen molar-refractivity contribution in [1.82, 2.24) is 15.0 Å². The Kier molecular flexibility index (Phi) is 6.50. The highest BCUT2D eigenvalue weighted by molar-refractivity contribution is 5.77. The Bertz CT molecular complexity index is 424. The number of aromatic nitrogens is 3. The number of hydrogen-bond acceptors (Lipinski definition) is 5. The first kappa shape index (κ1) is 16.5. The number of aliphatic hydroxyl groups is 1. The molecule has 1 heterocycles. The molecular weight excluding hydrogens is 272 g/mol. The SMILES string of the molecule is CCOC(=O)C(F)(F)Cn1cc(CCCCCO)nn1. The molecule has 20 heavy (non-hydrogen) atoms. The Morgan fingerprint density at radius 1 is 1.45 bits per heavy atom. The molecule has 6 nitrogen and oxygen atoms in total. The lowest BCUT2D eigenvalue weighted by atomic mass is 10.2. The molecule has 1 N–H and O–H groups in total. The average Bonchev–Trinajstić information content (AvgIpc) is 2.82. The van der Waals surface area contributed by atoms with Crippen LogP contribution in [0.1, 0.15) is 31.9 Å². The van der Waals surface area contributed by atoms with E-state index in [1.165, 1.54) is 13.1 Å². The number of unbranched alkanes of at least 4 members (excludes halogenated alkanes) is 2. The molecule has 0 fully saturated rings. The molecule has 8 heteroatoms. The van der Waals surface area contributed by atoms with E-state index in [9.17, 15) is 13.6 Å². The quantitative estimate of drug-likeness (QED) is 0.546. The molecule has 0 saturated heterocycles. The van der Waals surface area contributed by atoms with Crippen LogP contribution in [-0.2, 0) is 22.5 Å². The molecule has 1 aromatic rings. The Balaban J connectivity index is 2.48. The van der Waals surface area contributed by atoms with Crippen LogP contribution in [0, 0.1) is 0 Å². The van der Waals surface area contributed by atoms with Gasteiger partial charge in [-0.2, -0.15) is 8.78 Å². The van der Waals surface area contributed by atoms with Gasteiger partial charge in [-0.15, -0.1) is 5.10 Å². The first-order valence-corrected chi connectivity index (χ1v) is 6.54. The van der Waals surface area contributed by atoms with Crippen LogP contribution in [-0.4, -0.2) is 45.2 Å². The van der Waals surface area contributed by atoms with Gasteiger partial charge in [-0.25, -0.2) is 9.48 Å². The summed E-state index contributed by atoms with van der Waals surface area (Å²) in [5, 5.41) is 16.0. The van der Waals surface area contributed by atoms with Gasteiger partial charge < -0.3 is 9.84 Å². The maximum atomic E-state index is 13.5. The predicted molar refractivity (Wildman–Crippen MR) is 66.2 cm³/mol. The van der Waals surface area contributed by atoms with Gasteiger partial charge in [-0.1, -0.05) is 11.6 Å². The number of halogens is 2. The minimum Gasteiger partial charge on any atom is -0.462 e. The summed E-state index contributed by atoms with van der Waals surface area (Å²) >= 11 is 0. The van der Waals surface area contributed by atoms with E-state index in [0.29, 0.717) is 18.5 Å². The number of rotatable bonds is 9. The number of hydrogen-bond donors (Lipinski definition) is 1. The standard InChI is InChI=1S/C12H19F2N3O3/c1-2-20-11(19)12(13,14)9-17-8-10(15-16-17)6-4-3-5-7-18/h8,18H,2-7,9H2,1H3. The van der Waals surface area contributed by atoms with E-state index in [1.54, 1.807) is 0 Å². The fraction of sp³-hybridized carbons (Fsp3) is 0.750. The molecule has 0 spiro atoms. The van der Waals surface area contributed by atoms with Crippen LogP contribution < -0.4 is 0 Å². The molecule has 0 radical (unpaired) electrons. The zero-order valence-corrected chi connectivity index (χ0v) is 11.4. The Morgan fingerprint density at radius 2 is 2.20 bits per heavy atom. The van der Waals surface area contributed by atoms with Crippen molar-refractivity contribution in [1.29, 1.82) is 0 Å². The second-order valence-corrected chi connectivity index (χ2v) is 4.37. The lowest BCUT2D eigenvalue weighted by Crippen LogP contribution is -2.35. The number of carbonyl (C=O) groups is 1. The third kappa shape index (κ3) is 5.20. The van der Waals surface area contributed by atoms with E-state index in [1.807, 2.05) is 0 Å². The number of aryl methyl sites for hydroxylation is 1. The minimum absolute atomic E-state index is 0.0953. The third-order valence-electron chi connectivity index (χ3n) is 2.61. The lowest BCUT2D eigenvalue weighted by molar-refractivity contribution is -0.173. The van der Waals surface area contributed by atoms with Crippen molar-refractivity contribution < 1.29 is 23.4 Å². The maximum absolute atomic E-state index is 13.5. The fourth-order valence-corrected chi connectivity index (χ4v) is 1.63. The number of nitrogens with zero attached hydrogens (tertiary/aromatic N) is 3. The largest absolute Gasteiger partial charge is 0.462 e. The highest BCUT2D eigenvalue weighted by Gasteiger charge is 2.41. The Labute approximate surface area is 115 Å². The highest BCUT2D eigenvalue weighted by Crippen LogP contribution is 2.18. The van der Waals surface area contributed by atoms with Crippen molar-refractivity contribution in [3.8, 4) is 0 Å². The first-order valence-electron chi connectivity index (χ1n) is 6.54. The van der Waals surface area contributed by atoms with Gasteiger partial charge in [-0.05, 0) is 26.2 Å². The van der Waals surface area contributed by atoms with Gasteiger partial charge in [0.1, 0.15) is 6.54 Å². The van der Waals surface area contributed by atoms with Crippen LogP contribution in [0.4, 0.5) is 8.78 Å². The van der Waals surface area contributed by atoms with Crippen LogP contribution in [0.15, 0.2) is 6.20 Å². The van der Waals surface area contributed by atoms with Crippen molar-refractivity contribution in [2.75, 3.05) is 13.2 Å². The van der Waals surface area contributed by atoms with E-state index in [0.717, 1.165) is 17.5 Å². The molecule has 0 atom stereocenters. The zero-order valence-electron chi connectivity index (χ0n) is 11.4. The van der Waals surface area contributed by atoms with E-state index < -0.39 is 18.4 Å². The second kappa shape index (κ2) is 7.88. The molecule has 0 saturated carbocycles. The zero-order chi connectivity index (χ0) is 15.0. The van der Waals surface area contributed by atoms with Crippen LogP contribution in [0.5, 0.6) is 0 Å². The summed E-state index contributed by atoms with van der Waals surface area (Å²) in [6, 6.07) is 0. The van der Waals surface area contributed by atoms with Gasteiger partial charge in [0.15, 0.2) is 0 Å². The summed E-state index contributed by atoms with van der Waals surface area (Å²) in [6.07, 6.45) is 4.34. The molecule has 0 aliphatic rings. The lowest BCUT2D eigenvalue weighted by Gasteiger charge is -2.13. The molecule has 0 aliphatic carbocycles. The van der Waals surface area contributed by atoms with Crippen LogP contribution in [0.3, 0.4) is 0 Å². The van der Waals surface area contributed by atoms with Crippen molar-refractivity contribution in [2.24, 2.45) is 0 Å². The van der Waals surface area contributed by atoms with Gasteiger partial charge in [-0.3, -0.25) is 0 Å². The predicted octanol–water partition coefficient (Wildman–Crippen LogP) is 1.18. The van der Waals surface area contributed by atoms with Crippen LogP contribution in [0.2, 0.25) is 0 Å². The highest BCUT2D eigenvalue weighted by atomic mass is 19.3. The van der Waals surface area contributed by atoms with Gasteiger partial charge in [0.25, 0.3) is 0 Å². The Morgan fingerprint density at radius 3 is 2.85 bits per heavy atom. The van der Waals surface area contributed by atoms with E-state index >= 15 is 0 Å². The van der Waals surface area contributed by atoms with Gasteiger partial charge in [0.2, 0.25) is 0 Å². The van der Waals surface area contributed by atoms with Crippen molar-refractivity contribution in [3.63, 3.8) is 0 Å². The molecule has 0 aliphatic heterocycles. The monoisotopic (exact) mass is 291 g/mol. The van der Waals surface area contributed by atoms with Gasteiger partial charge in [0.05, 0.1) is 12.3 Å². The summed E-state index contributed by atoms with van der Waals surface area (Å²) in [7, 11) is 0. The van der Waals surface area contributed by atoms with Crippen molar-refractivity contribution in [2.45, 2.75) is 45.1 Å². The van der Waals surface area contributed by atoms with Gasteiger partial charge in [0, 0.05) is 12.8 Å². The molecule has 0 unspecified atom stereocenters. The minimum atomic E-state index is -3.61. The fourth-order valence-electron chi connectivity index (χ4n) is 1.63. The maximum Gasteiger partial charge on any atom is 0.379 e. The number of ether oxygens (including phenoxy) is 1. The first-order chi connectivity index (χ1) is 9.49. The van der Waals surface area contributed by atoms with Gasteiger partial charge >= 0.3 is 11.9 Å². The van der Waals surface area contributed by atoms with Crippen LogP contribution >= 0.6 is 0 Å². The molecule has 0 aromatic carbocycles. The summed E-state index contributed by atoms with van der Waals surface area (Å²) in [6.45, 7) is 0.629. The molecular formula is C12H19F2N3O3. The summed E-state index contributed by atoms with van der Waals surface area (Å²) in [5.41, 5.74) is 0.586. The van der Waals surface area contributed by atoms with Crippen molar-refractivity contribution >= 4 is 5.97 Å². The molecule has 0 amide bonds. The smallest absolute Gasteiger partial charge is 0.379 e. The molecule has 0 bridgehead atoms. The number of aliphatic hydroxyl groups excluding tert-OH is 1. The summed E-state index contributed by atoms with van der Waals surface area (Å²) in [4.78, 5) is 11.1. The van der Waals surface area contributed by atoms with E-state index in [4.69, 9.17) is 5.11 Å². The molecule has 1 aromatic heterocycles. The van der Waals surface area contributed by atoms with E-state index in [2.05, 4.69) is 15.0 Å².